The van der Waals surface area contributed by atoms with E-state index in [1.807, 2.05) is 23.8 Å². The van der Waals surface area contributed by atoms with E-state index in [-0.39, 0.29) is 0 Å². The van der Waals surface area contributed by atoms with Crippen LogP contribution in [0.15, 0.2) is 33.2 Å². The van der Waals surface area contributed by atoms with Crippen LogP contribution in [0.4, 0.5) is 0 Å². The Labute approximate surface area is 127 Å². The van der Waals surface area contributed by atoms with Crippen LogP contribution in [0.5, 0.6) is 0 Å². The molecule has 2 aromatic heterocycles. The summed E-state index contributed by atoms with van der Waals surface area (Å²) in [6, 6.07) is 3.75. The highest BCUT2D eigenvalue weighted by atomic mass is 32.2. The third kappa shape index (κ3) is 4.39. The maximum absolute atomic E-state index is 12.1. The zero-order valence-corrected chi connectivity index (χ0v) is 13.7. The molecule has 0 aromatic carbocycles. The molecule has 0 atom stereocenters. The minimum absolute atomic E-state index is 0.362. The Hall–Kier alpha value is -0.730. The molecule has 7 heteroatoms. The molecule has 2 heterocycles. The molecule has 0 saturated heterocycles. The van der Waals surface area contributed by atoms with Crippen LogP contribution in [0.1, 0.15) is 17.4 Å². The van der Waals surface area contributed by atoms with Crippen molar-refractivity contribution >= 4 is 32.7 Å². The van der Waals surface area contributed by atoms with E-state index < -0.39 is 10.0 Å². The van der Waals surface area contributed by atoms with Gasteiger partial charge >= 0.3 is 0 Å². The maximum atomic E-state index is 12.1. The molecule has 2 aromatic rings. The highest BCUT2D eigenvalue weighted by molar-refractivity contribution is 7.89. The lowest BCUT2D eigenvalue weighted by Crippen LogP contribution is -2.25. The van der Waals surface area contributed by atoms with Crippen molar-refractivity contribution in [1.82, 2.24) is 10.0 Å². The molecule has 0 unspecified atom stereocenters. The summed E-state index contributed by atoms with van der Waals surface area (Å²) in [5, 5.41) is 8.91. The molecule has 0 bridgehead atoms. The molecule has 20 heavy (non-hydrogen) atoms. The highest BCUT2D eigenvalue weighted by Crippen LogP contribution is 2.19. The van der Waals surface area contributed by atoms with Gasteiger partial charge in [-0.15, -0.1) is 11.3 Å². The molecule has 4 nitrogen and oxygen atoms in total. The molecule has 0 amide bonds. The van der Waals surface area contributed by atoms with Crippen LogP contribution in [0, 0.1) is 0 Å². The Balaban J connectivity index is 1.90. The van der Waals surface area contributed by atoms with Gasteiger partial charge in [-0.3, -0.25) is 0 Å². The van der Waals surface area contributed by atoms with E-state index in [1.54, 1.807) is 22.8 Å². The first-order chi connectivity index (χ1) is 9.62. The Morgan fingerprint density at radius 2 is 2.15 bits per heavy atom. The first-order valence-electron chi connectivity index (χ1n) is 6.40. The molecule has 110 valence electrons. The van der Waals surface area contributed by atoms with Crippen molar-refractivity contribution < 1.29 is 8.42 Å². The molecular weight excluding hydrogens is 312 g/mol. The SMILES string of the molecule is CCNCc1cc(S(=O)(=O)NCCc2ccsc2)cs1. The smallest absolute Gasteiger partial charge is 0.241 e. The van der Waals surface area contributed by atoms with E-state index in [4.69, 9.17) is 0 Å². The van der Waals surface area contributed by atoms with Crippen molar-refractivity contribution in [1.29, 1.82) is 0 Å². The topological polar surface area (TPSA) is 58.2 Å². The fourth-order valence-corrected chi connectivity index (χ4v) is 4.67. The average molecular weight is 330 g/mol. The third-order valence-electron chi connectivity index (χ3n) is 2.78. The quantitative estimate of drug-likeness (QED) is 0.781. The summed E-state index contributed by atoms with van der Waals surface area (Å²) in [6.45, 7) is 4.04. The van der Waals surface area contributed by atoms with Gasteiger partial charge in [-0.25, -0.2) is 13.1 Å². The third-order valence-corrected chi connectivity index (χ3v) is 6.03. The minimum atomic E-state index is -3.38. The Bertz CT molecular complexity index is 618. The summed E-state index contributed by atoms with van der Waals surface area (Å²) in [5.41, 5.74) is 1.16. The predicted octanol–water partition coefficient (Wildman–Crippen LogP) is 2.44. The molecular formula is C13H18N2O2S3. The van der Waals surface area contributed by atoms with Gasteiger partial charge in [0.1, 0.15) is 0 Å². The minimum Gasteiger partial charge on any atom is -0.312 e. The fourth-order valence-electron chi connectivity index (χ4n) is 1.69. The molecule has 0 aliphatic rings. The zero-order valence-electron chi connectivity index (χ0n) is 11.3. The second-order valence-corrected chi connectivity index (χ2v) is 7.85. The largest absolute Gasteiger partial charge is 0.312 e. The highest BCUT2D eigenvalue weighted by Gasteiger charge is 2.15. The van der Waals surface area contributed by atoms with Crippen LogP contribution in [0.2, 0.25) is 0 Å². The van der Waals surface area contributed by atoms with Gasteiger partial charge < -0.3 is 5.32 Å². The monoisotopic (exact) mass is 330 g/mol. The van der Waals surface area contributed by atoms with E-state index in [1.165, 1.54) is 11.3 Å². The van der Waals surface area contributed by atoms with E-state index in [2.05, 4.69) is 10.0 Å². The fraction of sp³-hybridized carbons (Fsp3) is 0.385. The number of hydrogen-bond acceptors (Lipinski definition) is 5. The second-order valence-electron chi connectivity index (χ2n) is 4.31. The van der Waals surface area contributed by atoms with Crippen LogP contribution in [-0.2, 0) is 23.0 Å². The second kappa shape index (κ2) is 7.33. The maximum Gasteiger partial charge on any atom is 0.241 e. The van der Waals surface area contributed by atoms with Gasteiger partial charge in [-0.05, 0) is 41.4 Å². The van der Waals surface area contributed by atoms with Crippen molar-refractivity contribution in [2.45, 2.75) is 24.8 Å². The molecule has 0 spiro atoms. The van der Waals surface area contributed by atoms with Crippen molar-refractivity contribution in [2.24, 2.45) is 0 Å². The van der Waals surface area contributed by atoms with Gasteiger partial charge in [0, 0.05) is 23.3 Å². The van der Waals surface area contributed by atoms with Gasteiger partial charge in [0.05, 0.1) is 4.90 Å². The summed E-state index contributed by atoms with van der Waals surface area (Å²) >= 11 is 3.09. The van der Waals surface area contributed by atoms with Crippen molar-refractivity contribution in [3.8, 4) is 0 Å². The molecule has 0 fully saturated rings. The molecule has 0 aliphatic carbocycles. The van der Waals surface area contributed by atoms with Crippen LogP contribution in [0.3, 0.4) is 0 Å². The lowest BCUT2D eigenvalue weighted by Gasteiger charge is -2.04. The van der Waals surface area contributed by atoms with Gasteiger partial charge in [0.15, 0.2) is 0 Å². The van der Waals surface area contributed by atoms with Gasteiger partial charge in [-0.1, -0.05) is 6.92 Å². The standard InChI is InChI=1S/C13H18N2O2S3/c1-2-14-8-12-7-13(10-19-12)20(16,17)15-5-3-11-4-6-18-9-11/h4,6-7,9-10,14-15H,2-3,5,8H2,1H3. The lowest BCUT2D eigenvalue weighted by atomic mass is 10.2. The number of thiophene rings is 2. The average Bonchev–Trinajstić information content (AvgIpc) is 3.07. The van der Waals surface area contributed by atoms with E-state index in [0.717, 1.165) is 23.4 Å². The van der Waals surface area contributed by atoms with Crippen LogP contribution in [0.25, 0.3) is 0 Å². The Morgan fingerprint density at radius 1 is 1.30 bits per heavy atom. The van der Waals surface area contributed by atoms with Crippen LogP contribution >= 0.6 is 22.7 Å². The van der Waals surface area contributed by atoms with Crippen LogP contribution < -0.4 is 10.0 Å². The summed E-state index contributed by atoms with van der Waals surface area (Å²) < 4.78 is 26.9. The predicted molar refractivity (Wildman–Crippen MR) is 84.9 cm³/mol. The Kier molecular flexibility index (Phi) is 5.74. The number of hydrogen-bond donors (Lipinski definition) is 2. The number of rotatable bonds is 8. The summed E-state index contributed by atoms with van der Waals surface area (Å²) in [5.74, 6) is 0. The van der Waals surface area contributed by atoms with Crippen LogP contribution in [-0.4, -0.2) is 21.5 Å². The molecule has 0 aliphatic heterocycles. The van der Waals surface area contributed by atoms with Crippen molar-refractivity contribution in [3.05, 3.63) is 38.7 Å². The first-order valence-corrected chi connectivity index (χ1v) is 9.71. The normalized spacial score (nSPS) is 11.8. The molecule has 0 saturated carbocycles. The van der Waals surface area contributed by atoms with Crippen molar-refractivity contribution in [3.63, 3.8) is 0 Å². The summed E-state index contributed by atoms with van der Waals surface area (Å²) in [4.78, 5) is 1.39. The first kappa shape index (κ1) is 15.7. The molecule has 0 radical (unpaired) electrons. The molecule has 2 rings (SSSR count). The zero-order chi connectivity index (χ0) is 14.4. The van der Waals surface area contributed by atoms with Crippen molar-refractivity contribution in [2.75, 3.05) is 13.1 Å². The van der Waals surface area contributed by atoms with E-state index >= 15 is 0 Å². The Morgan fingerprint density at radius 3 is 2.85 bits per heavy atom. The van der Waals surface area contributed by atoms with E-state index in [0.29, 0.717) is 18.0 Å². The van der Waals surface area contributed by atoms with E-state index in [9.17, 15) is 8.42 Å². The van der Waals surface area contributed by atoms with Gasteiger partial charge in [-0.2, -0.15) is 11.3 Å². The summed E-state index contributed by atoms with van der Waals surface area (Å²) in [7, 11) is -3.38. The summed E-state index contributed by atoms with van der Waals surface area (Å²) in [6.07, 6.45) is 0.719. The number of sulfonamides is 1. The number of nitrogens with one attached hydrogen (secondary N) is 2. The lowest BCUT2D eigenvalue weighted by molar-refractivity contribution is 0.582. The van der Waals surface area contributed by atoms with Gasteiger partial charge in [0.2, 0.25) is 10.0 Å². The van der Waals surface area contributed by atoms with Gasteiger partial charge in [0.25, 0.3) is 0 Å². The molecule has 2 N–H and O–H groups in total.